The molecule has 2 nitrogen and oxygen atoms in total. The highest BCUT2D eigenvalue weighted by atomic mass is 32.1. The first kappa shape index (κ1) is 11.3. The predicted octanol–water partition coefficient (Wildman–Crippen LogP) is 1.32. The molecule has 0 radical (unpaired) electrons. The molecule has 4 heteroatoms. The van der Waals surface area contributed by atoms with Crippen molar-refractivity contribution in [2.45, 2.75) is 4.90 Å². The molecule has 0 heterocycles. The van der Waals surface area contributed by atoms with E-state index in [1.54, 1.807) is 12.1 Å². The lowest BCUT2D eigenvalue weighted by Crippen LogP contribution is -2.31. The van der Waals surface area contributed by atoms with Gasteiger partial charge in [0.05, 0.1) is 0 Å². The second-order valence-corrected chi connectivity index (χ2v) is 4.00. The highest BCUT2D eigenvalue weighted by Gasteiger charge is 2.15. The number of rotatable bonds is 2. The van der Waals surface area contributed by atoms with Crippen LogP contribution >= 0.6 is 12.6 Å². The minimum atomic E-state index is -1.49. The molecule has 0 aliphatic heterocycles. The summed E-state index contributed by atoms with van der Waals surface area (Å²) < 4.78 is 0. The van der Waals surface area contributed by atoms with Crippen molar-refractivity contribution >= 4 is 25.2 Å². The van der Waals surface area contributed by atoms with Crippen molar-refractivity contribution in [3.63, 3.8) is 0 Å². The molecule has 0 saturated carbocycles. The molecule has 0 amide bonds. The lowest BCUT2D eigenvalue weighted by atomic mass is 9.79. The Hall–Kier alpha value is -1.23. The summed E-state index contributed by atoms with van der Waals surface area (Å²) in [6.07, 6.45) is 0. The molecule has 80 valence electrons. The Kier molecular flexibility index (Phi) is 3.34. The van der Waals surface area contributed by atoms with Crippen LogP contribution in [0.15, 0.2) is 53.4 Å². The monoisotopic (exact) mass is 230 g/mol. The van der Waals surface area contributed by atoms with E-state index in [9.17, 15) is 10.0 Å². The van der Waals surface area contributed by atoms with Gasteiger partial charge in [0, 0.05) is 4.90 Å². The third kappa shape index (κ3) is 2.30. The Morgan fingerprint density at radius 2 is 1.56 bits per heavy atom. The van der Waals surface area contributed by atoms with E-state index < -0.39 is 7.12 Å². The molecule has 0 fully saturated rings. The SMILES string of the molecule is OB(O)c1cc(-c2ccccc2)ccc1S. The summed E-state index contributed by atoms with van der Waals surface area (Å²) in [5.74, 6) is 0. The van der Waals surface area contributed by atoms with E-state index in [4.69, 9.17) is 0 Å². The quantitative estimate of drug-likeness (QED) is 0.538. The molecule has 0 aromatic heterocycles. The summed E-state index contributed by atoms with van der Waals surface area (Å²) >= 11 is 4.18. The molecule has 0 aliphatic carbocycles. The molecule has 0 unspecified atom stereocenters. The van der Waals surface area contributed by atoms with E-state index in [0.29, 0.717) is 10.4 Å². The first-order valence-corrected chi connectivity index (χ1v) is 5.37. The third-order valence-corrected chi connectivity index (χ3v) is 2.82. The van der Waals surface area contributed by atoms with E-state index in [2.05, 4.69) is 12.6 Å². The molecule has 0 atom stereocenters. The fourth-order valence-electron chi connectivity index (χ4n) is 1.57. The van der Waals surface area contributed by atoms with Gasteiger partial charge in [0.2, 0.25) is 0 Å². The first-order chi connectivity index (χ1) is 7.68. The van der Waals surface area contributed by atoms with Gasteiger partial charge in [-0.1, -0.05) is 42.5 Å². The molecule has 0 bridgehead atoms. The van der Waals surface area contributed by atoms with Crippen molar-refractivity contribution in [3.05, 3.63) is 48.5 Å². The number of hydrogen-bond acceptors (Lipinski definition) is 3. The van der Waals surface area contributed by atoms with Crippen molar-refractivity contribution in [2.75, 3.05) is 0 Å². The predicted molar refractivity (Wildman–Crippen MR) is 69.0 cm³/mol. The molecule has 0 saturated heterocycles. The molecule has 0 aliphatic rings. The van der Waals surface area contributed by atoms with Crippen molar-refractivity contribution < 1.29 is 10.0 Å². The van der Waals surface area contributed by atoms with Crippen LogP contribution in [0.3, 0.4) is 0 Å². The van der Waals surface area contributed by atoms with Gasteiger partial charge in [0.1, 0.15) is 0 Å². The Labute approximate surface area is 100 Å². The average molecular weight is 230 g/mol. The van der Waals surface area contributed by atoms with E-state index in [1.165, 1.54) is 0 Å². The lowest BCUT2D eigenvalue weighted by molar-refractivity contribution is 0.425. The Morgan fingerprint density at radius 3 is 2.19 bits per heavy atom. The van der Waals surface area contributed by atoms with Crippen LogP contribution in [0.2, 0.25) is 0 Å². The fourth-order valence-corrected chi connectivity index (χ4v) is 1.83. The van der Waals surface area contributed by atoms with Crippen LogP contribution in [0.4, 0.5) is 0 Å². The van der Waals surface area contributed by atoms with Gasteiger partial charge in [0.25, 0.3) is 0 Å². The lowest BCUT2D eigenvalue weighted by Gasteiger charge is -2.07. The molecule has 0 spiro atoms. The minimum absolute atomic E-state index is 0.421. The summed E-state index contributed by atoms with van der Waals surface area (Å²) in [5, 5.41) is 18.4. The van der Waals surface area contributed by atoms with E-state index in [1.807, 2.05) is 36.4 Å². The zero-order valence-corrected chi connectivity index (χ0v) is 9.43. The Bertz CT molecular complexity index is 486. The zero-order valence-electron chi connectivity index (χ0n) is 8.54. The van der Waals surface area contributed by atoms with Gasteiger partial charge in [-0.15, -0.1) is 12.6 Å². The number of hydrogen-bond donors (Lipinski definition) is 3. The highest BCUT2D eigenvalue weighted by Crippen LogP contribution is 2.19. The van der Waals surface area contributed by atoms with Crippen LogP contribution in [0.25, 0.3) is 11.1 Å². The number of benzene rings is 2. The molecular formula is C12H11BO2S. The molecule has 2 aromatic carbocycles. The van der Waals surface area contributed by atoms with Gasteiger partial charge in [0.15, 0.2) is 0 Å². The fraction of sp³-hybridized carbons (Fsp3) is 0. The maximum absolute atomic E-state index is 9.18. The summed E-state index contributed by atoms with van der Waals surface area (Å²) in [5.41, 5.74) is 2.41. The maximum atomic E-state index is 9.18. The molecule has 2 N–H and O–H groups in total. The summed E-state index contributed by atoms with van der Waals surface area (Å²) in [7, 11) is -1.49. The van der Waals surface area contributed by atoms with Crippen LogP contribution in [-0.4, -0.2) is 17.2 Å². The van der Waals surface area contributed by atoms with Crippen LogP contribution in [-0.2, 0) is 0 Å². The van der Waals surface area contributed by atoms with Gasteiger partial charge in [-0.2, -0.15) is 0 Å². The standard InChI is InChI=1S/C12H11BO2S/c14-13(15)11-8-10(6-7-12(11)16)9-4-2-1-3-5-9/h1-8,14-16H. The van der Waals surface area contributed by atoms with Gasteiger partial charge in [-0.25, -0.2) is 0 Å². The normalized spacial score (nSPS) is 10.2. The minimum Gasteiger partial charge on any atom is -0.423 e. The second kappa shape index (κ2) is 4.74. The largest absolute Gasteiger partial charge is 0.489 e. The van der Waals surface area contributed by atoms with Crippen LogP contribution in [0.5, 0.6) is 0 Å². The zero-order chi connectivity index (χ0) is 11.5. The van der Waals surface area contributed by atoms with Crippen molar-refractivity contribution in [1.29, 1.82) is 0 Å². The van der Waals surface area contributed by atoms with E-state index in [-0.39, 0.29) is 0 Å². The average Bonchev–Trinajstić information content (AvgIpc) is 2.30. The Balaban J connectivity index is 2.48. The van der Waals surface area contributed by atoms with Crippen molar-refractivity contribution in [3.8, 4) is 11.1 Å². The van der Waals surface area contributed by atoms with Gasteiger partial charge in [-0.05, 0) is 22.7 Å². The highest BCUT2D eigenvalue weighted by molar-refractivity contribution is 7.80. The van der Waals surface area contributed by atoms with Gasteiger partial charge < -0.3 is 10.0 Å². The summed E-state index contributed by atoms with van der Waals surface area (Å²) in [4.78, 5) is 0.578. The van der Waals surface area contributed by atoms with Crippen LogP contribution in [0, 0.1) is 0 Å². The maximum Gasteiger partial charge on any atom is 0.489 e. The first-order valence-electron chi connectivity index (χ1n) is 4.93. The second-order valence-electron chi connectivity index (χ2n) is 3.51. The molecular weight excluding hydrogens is 219 g/mol. The molecule has 2 aromatic rings. The summed E-state index contributed by atoms with van der Waals surface area (Å²) in [6, 6.07) is 15.2. The Morgan fingerprint density at radius 1 is 0.875 bits per heavy atom. The van der Waals surface area contributed by atoms with Crippen molar-refractivity contribution in [2.24, 2.45) is 0 Å². The van der Waals surface area contributed by atoms with E-state index in [0.717, 1.165) is 11.1 Å². The number of thiol groups is 1. The smallest absolute Gasteiger partial charge is 0.423 e. The third-order valence-electron chi connectivity index (χ3n) is 2.41. The van der Waals surface area contributed by atoms with Crippen molar-refractivity contribution in [1.82, 2.24) is 0 Å². The molecule has 2 rings (SSSR count). The molecule has 16 heavy (non-hydrogen) atoms. The van der Waals surface area contributed by atoms with Crippen LogP contribution in [0.1, 0.15) is 0 Å². The topological polar surface area (TPSA) is 40.5 Å². The van der Waals surface area contributed by atoms with Gasteiger partial charge in [-0.3, -0.25) is 0 Å². The van der Waals surface area contributed by atoms with E-state index >= 15 is 0 Å². The summed E-state index contributed by atoms with van der Waals surface area (Å²) in [6.45, 7) is 0. The van der Waals surface area contributed by atoms with Gasteiger partial charge >= 0.3 is 7.12 Å². The van der Waals surface area contributed by atoms with Crippen LogP contribution < -0.4 is 5.46 Å².